The van der Waals surface area contributed by atoms with Crippen LogP contribution in [0.2, 0.25) is 0 Å². The van der Waals surface area contributed by atoms with Gasteiger partial charge in [-0.1, -0.05) is 6.07 Å². The van der Waals surface area contributed by atoms with Gasteiger partial charge in [0.2, 0.25) is 0 Å². The highest BCUT2D eigenvalue weighted by atomic mass is 15.3. The minimum atomic E-state index is 0.609. The van der Waals surface area contributed by atoms with Crippen LogP contribution in [-0.2, 0) is 0 Å². The van der Waals surface area contributed by atoms with Gasteiger partial charge in [-0.25, -0.2) is 4.98 Å². The third kappa shape index (κ3) is 1.29. The molecule has 0 radical (unpaired) electrons. The van der Waals surface area contributed by atoms with Gasteiger partial charge in [-0.3, -0.25) is 4.40 Å². The van der Waals surface area contributed by atoms with E-state index in [-0.39, 0.29) is 0 Å². The zero-order valence-corrected chi connectivity index (χ0v) is 8.72. The molecule has 0 spiro atoms. The summed E-state index contributed by atoms with van der Waals surface area (Å²) in [7, 11) is 2.14. The number of nitrogens with one attached hydrogen (secondary N) is 1. The summed E-state index contributed by atoms with van der Waals surface area (Å²) >= 11 is 0. The Kier molecular flexibility index (Phi) is 1.89. The second-order valence-electron chi connectivity index (χ2n) is 3.96. The van der Waals surface area contributed by atoms with Crippen molar-refractivity contribution in [1.82, 2.24) is 14.7 Å². The molecule has 0 saturated carbocycles. The lowest BCUT2D eigenvalue weighted by Crippen LogP contribution is -2.56. The number of imidazole rings is 1. The summed E-state index contributed by atoms with van der Waals surface area (Å²) in [4.78, 5) is 6.60. The monoisotopic (exact) mass is 202 g/mol. The molecule has 1 aliphatic heterocycles. The maximum absolute atomic E-state index is 4.29. The van der Waals surface area contributed by atoms with Crippen molar-refractivity contribution in [3.05, 3.63) is 30.6 Å². The average Bonchev–Trinajstić information content (AvgIpc) is 2.61. The number of hydrogen-bond acceptors (Lipinski definition) is 3. The SMILES string of the molecule is CN(c1cccc2nccn12)C1CNC1. The van der Waals surface area contributed by atoms with Crippen LogP contribution >= 0.6 is 0 Å². The molecule has 3 rings (SSSR count). The first-order valence-corrected chi connectivity index (χ1v) is 5.22. The summed E-state index contributed by atoms with van der Waals surface area (Å²) < 4.78 is 2.12. The molecular weight excluding hydrogens is 188 g/mol. The minimum Gasteiger partial charge on any atom is -0.355 e. The Morgan fingerprint density at radius 3 is 3.07 bits per heavy atom. The lowest BCUT2D eigenvalue weighted by molar-refractivity contribution is 0.426. The van der Waals surface area contributed by atoms with E-state index in [0.29, 0.717) is 6.04 Å². The van der Waals surface area contributed by atoms with Crippen LogP contribution in [0.4, 0.5) is 5.82 Å². The van der Waals surface area contributed by atoms with E-state index in [2.05, 4.69) is 38.8 Å². The standard InChI is InChI=1S/C11H14N4/c1-14(9-7-12-8-9)11-4-2-3-10-13-5-6-15(10)11/h2-6,9,12H,7-8H2,1H3. The first-order chi connectivity index (χ1) is 7.36. The van der Waals surface area contributed by atoms with Gasteiger partial charge in [0.25, 0.3) is 0 Å². The normalized spacial score (nSPS) is 16.6. The molecule has 1 N–H and O–H groups in total. The van der Waals surface area contributed by atoms with Crippen LogP contribution in [0.5, 0.6) is 0 Å². The molecule has 0 bridgehead atoms. The first kappa shape index (κ1) is 8.73. The molecule has 15 heavy (non-hydrogen) atoms. The highest BCUT2D eigenvalue weighted by Gasteiger charge is 2.22. The predicted octanol–water partition coefficient (Wildman–Crippen LogP) is 0.742. The van der Waals surface area contributed by atoms with E-state index in [1.54, 1.807) is 0 Å². The number of anilines is 1. The number of aromatic nitrogens is 2. The van der Waals surface area contributed by atoms with Gasteiger partial charge >= 0.3 is 0 Å². The highest BCUT2D eigenvalue weighted by molar-refractivity contribution is 5.52. The minimum absolute atomic E-state index is 0.609. The average molecular weight is 202 g/mol. The Hall–Kier alpha value is -1.55. The summed E-state index contributed by atoms with van der Waals surface area (Å²) in [6.45, 7) is 2.14. The van der Waals surface area contributed by atoms with Gasteiger partial charge in [-0.05, 0) is 12.1 Å². The number of pyridine rings is 1. The molecule has 3 heterocycles. The van der Waals surface area contributed by atoms with Crippen LogP contribution in [0.3, 0.4) is 0 Å². The molecule has 0 aliphatic carbocycles. The van der Waals surface area contributed by atoms with E-state index in [0.717, 1.165) is 18.7 Å². The van der Waals surface area contributed by atoms with Crippen molar-refractivity contribution in [3.8, 4) is 0 Å². The molecule has 0 atom stereocenters. The third-order valence-corrected chi connectivity index (χ3v) is 3.08. The molecule has 1 aliphatic rings. The Balaban J connectivity index is 2.05. The van der Waals surface area contributed by atoms with Crippen LogP contribution in [0.25, 0.3) is 5.65 Å². The summed E-state index contributed by atoms with van der Waals surface area (Å²) in [5, 5.41) is 3.29. The molecule has 2 aromatic heterocycles. The van der Waals surface area contributed by atoms with Gasteiger partial charge in [-0.15, -0.1) is 0 Å². The van der Waals surface area contributed by atoms with E-state index >= 15 is 0 Å². The Labute approximate surface area is 88.5 Å². The number of rotatable bonds is 2. The zero-order valence-electron chi connectivity index (χ0n) is 8.72. The van der Waals surface area contributed by atoms with Crippen molar-refractivity contribution in [2.45, 2.75) is 6.04 Å². The van der Waals surface area contributed by atoms with Crippen molar-refractivity contribution in [2.24, 2.45) is 0 Å². The quantitative estimate of drug-likeness (QED) is 0.779. The third-order valence-electron chi connectivity index (χ3n) is 3.08. The smallest absolute Gasteiger partial charge is 0.138 e. The van der Waals surface area contributed by atoms with E-state index < -0.39 is 0 Å². The van der Waals surface area contributed by atoms with E-state index in [1.807, 2.05) is 18.5 Å². The molecule has 78 valence electrons. The van der Waals surface area contributed by atoms with Crippen molar-refractivity contribution >= 4 is 11.5 Å². The Morgan fingerprint density at radius 1 is 1.47 bits per heavy atom. The lowest BCUT2D eigenvalue weighted by Gasteiger charge is -2.37. The van der Waals surface area contributed by atoms with Gasteiger partial charge in [0, 0.05) is 32.5 Å². The molecule has 2 aromatic rings. The topological polar surface area (TPSA) is 32.6 Å². The van der Waals surface area contributed by atoms with Crippen molar-refractivity contribution < 1.29 is 0 Å². The molecule has 0 amide bonds. The summed E-state index contributed by atoms with van der Waals surface area (Å²) in [6, 6.07) is 6.82. The molecule has 0 aromatic carbocycles. The first-order valence-electron chi connectivity index (χ1n) is 5.22. The van der Waals surface area contributed by atoms with Gasteiger partial charge in [-0.2, -0.15) is 0 Å². The summed E-state index contributed by atoms with van der Waals surface area (Å²) in [5.41, 5.74) is 1.01. The number of hydrogen-bond donors (Lipinski definition) is 1. The molecule has 4 heteroatoms. The van der Waals surface area contributed by atoms with Crippen LogP contribution in [0.1, 0.15) is 0 Å². The molecule has 1 fully saturated rings. The Bertz CT molecular complexity index is 472. The lowest BCUT2D eigenvalue weighted by atomic mass is 10.1. The van der Waals surface area contributed by atoms with Crippen LogP contribution in [0.15, 0.2) is 30.6 Å². The van der Waals surface area contributed by atoms with Crippen molar-refractivity contribution in [2.75, 3.05) is 25.0 Å². The van der Waals surface area contributed by atoms with Crippen molar-refractivity contribution in [1.29, 1.82) is 0 Å². The predicted molar refractivity (Wildman–Crippen MR) is 60.3 cm³/mol. The fourth-order valence-corrected chi connectivity index (χ4v) is 1.95. The number of nitrogens with zero attached hydrogens (tertiary/aromatic N) is 3. The van der Waals surface area contributed by atoms with E-state index in [1.165, 1.54) is 5.82 Å². The second-order valence-corrected chi connectivity index (χ2v) is 3.96. The molecule has 4 nitrogen and oxygen atoms in total. The largest absolute Gasteiger partial charge is 0.355 e. The highest BCUT2D eigenvalue weighted by Crippen LogP contribution is 2.18. The van der Waals surface area contributed by atoms with Gasteiger partial charge in [0.05, 0.1) is 6.04 Å². The van der Waals surface area contributed by atoms with Gasteiger partial charge in [0.15, 0.2) is 0 Å². The van der Waals surface area contributed by atoms with Gasteiger partial charge in [0.1, 0.15) is 11.5 Å². The van der Waals surface area contributed by atoms with Crippen molar-refractivity contribution in [3.63, 3.8) is 0 Å². The fraction of sp³-hybridized carbons (Fsp3) is 0.364. The zero-order chi connectivity index (χ0) is 10.3. The number of fused-ring (bicyclic) bond motifs is 1. The van der Waals surface area contributed by atoms with Gasteiger partial charge < -0.3 is 10.2 Å². The summed E-state index contributed by atoms with van der Waals surface area (Å²) in [6.07, 6.45) is 3.85. The van der Waals surface area contributed by atoms with E-state index in [9.17, 15) is 0 Å². The van der Waals surface area contributed by atoms with Crippen LogP contribution < -0.4 is 10.2 Å². The molecule has 1 saturated heterocycles. The second kappa shape index (κ2) is 3.24. The summed E-state index contributed by atoms with van der Waals surface area (Å²) in [5.74, 6) is 1.21. The molecule has 0 unspecified atom stereocenters. The number of likely N-dealkylation sites (N-methyl/N-ethyl adjacent to an activating group) is 1. The maximum Gasteiger partial charge on any atom is 0.138 e. The maximum atomic E-state index is 4.29. The van der Waals surface area contributed by atoms with E-state index in [4.69, 9.17) is 0 Å². The van der Waals surface area contributed by atoms with Crippen LogP contribution in [-0.4, -0.2) is 35.6 Å². The fourth-order valence-electron chi connectivity index (χ4n) is 1.95. The Morgan fingerprint density at radius 2 is 2.33 bits per heavy atom. The molecular formula is C11H14N4. The van der Waals surface area contributed by atoms with Crippen LogP contribution in [0, 0.1) is 0 Å².